The first-order chi connectivity index (χ1) is 12.7. The smallest absolute Gasteiger partial charge is 0.264 e. The zero-order valence-corrected chi connectivity index (χ0v) is 15.0. The van der Waals surface area contributed by atoms with E-state index >= 15 is 0 Å². The number of thioether (sulfide) groups is 1. The fourth-order valence-electron chi connectivity index (χ4n) is 2.80. The molecule has 4 nitrogen and oxygen atoms in total. The van der Waals surface area contributed by atoms with Crippen LogP contribution in [0.15, 0.2) is 83.0 Å². The Morgan fingerprint density at radius 3 is 2.54 bits per heavy atom. The highest BCUT2D eigenvalue weighted by Gasteiger charge is 2.23. The minimum absolute atomic E-state index is 0.114. The molecule has 4 rings (SSSR count). The molecule has 0 bridgehead atoms. The summed E-state index contributed by atoms with van der Waals surface area (Å²) in [6.45, 7) is 2.07. The van der Waals surface area contributed by atoms with Gasteiger partial charge in [0, 0.05) is 18.1 Å². The fraction of sp³-hybridized carbons (Fsp3) is 0.0476. The van der Waals surface area contributed by atoms with E-state index in [0.717, 1.165) is 22.5 Å². The number of rotatable bonds is 3. The van der Waals surface area contributed by atoms with E-state index in [1.165, 1.54) is 11.8 Å². The number of nitrogens with zero attached hydrogens (tertiary/aromatic N) is 2. The third-order valence-electron chi connectivity index (χ3n) is 4.04. The van der Waals surface area contributed by atoms with Crippen LogP contribution in [-0.4, -0.2) is 15.6 Å². The van der Waals surface area contributed by atoms with Gasteiger partial charge in [-0.1, -0.05) is 24.3 Å². The molecule has 0 spiro atoms. The third-order valence-corrected chi connectivity index (χ3v) is 4.95. The van der Waals surface area contributed by atoms with E-state index in [1.807, 2.05) is 67.0 Å². The number of para-hydroxylation sites is 1. The van der Waals surface area contributed by atoms with Crippen molar-refractivity contribution in [3.05, 3.63) is 89.1 Å². The van der Waals surface area contributed by atoms with Crippen molar-refractivity contribution in [1.82, 2.24) is 9.88 Å². The van der Waals surface area contributed by atoms with Crippen LogP contribution in [0.5, 0.6) is 0 Å². The van der Waals surface area contributed by atoms with E-state index in [0.29, 0.717) is 10.1 Å². The maximum absolute atomic E-state index is 12.2. The first-order valence-electron chi connectivity index (χ1n) is 8.28. The van der Waals surface area contributed by atoms with Crippen LogP contribution < -0.4 is 5.32 Å². The Hall–Kier alpha value is -3.05. The van der Waals surface area contributed by atoms with Crippen LogP contribution >= 0.6 is 11.8 Å². The van der Waals surface area contributed by atoms with Gasteiger partial charge in [-0.15, -0.1) is 0 Å². The summed E-state index contributed by atoms with van der Waals surface area (Å²) in [5.74, 6) is -0.114. The zero-order chi connectivity index (χ0) is 17.9. The molecule has 26 heavy (non-hydrogen) atoms. The monoisotopic (exact) mass is 359 g/mol. The van der Waals surface area contributed by atoms with Crippen molar-refractivity contribution in [1.29, 1.82) is 0 Å². The van der Waals surface area contributed by atoms with Gasteiger partial charge < -0.3 is 9.88 Å². The van der Waals surface area contributed by atoms with Gasteiger partial charge in [-0.2, -0.15) is 0 Å². The number of nitrogens with one attached hydrogen (secondary N) is 1. The number of benzene rings is 2. The molecule has 1 fully saturated rings. The standard InChI is InChI=1S/C21H17N3OS/c1-15-13-16(9-10-18(15)24-11-5-6-12-24)14-19-20(25)23-21(26-19)22-17-7-3-2-4-8-17/h2-14H,1H3,(H,22,23,25)/b19-14-. The highest BCUT2D eigenvalue weighted by atomic mass is 32.2. The molecule has 1 aliphatic rings. The zero-order valence-electron chi connectivity index (χ0n) is 14.2. The SMILES string of the molecule is Cc1cc(/C=C2\SC(=Nc3ccccc3)NC2=O)ccc1-n1cccc1. The number of carbonyl (C=O) groups is 1. The lowest BCUT2D eigenvalue weighted by molar-refractivity contribution is -0.115. The normalized spacial score (nSPS) is 17.0. The van der Waals surface area contributed by atoms with E-state index in [1.54, 1.807) is 0 Å². The van der Waals surface area contributed by atoms with Crippen LogP contribution in [-0.2, 0) is 4.79 Å². The molecule has 0 saturated carbocycles. The molecule has 2 heterocycles. The van der Waals surface area contributed by atoms with Crippen LogP contribution in [0.2, 0.25) is 0 Å². The minimum atomic E-state index is -0.114. The third kappa shape index (κ3) is 3.48. The summed E-state index contributed by atoms with van der Waals surface area (Å²) in [6.07, 6.45) is 5.94. The summed E-state index contributed by atoms with van der Waals surface area (Å²) in [5.41, 5.74) is 4.10. The van der Waals surface area contributed by atoms with Gasteiger partial charge in [-0.3, -0.25) is 4.79 Å². The van der Waals surface area contributed by atoms with Crippen molar-refractivity contribution in [2.24, 2.45) is 4.99 Å². The largest absolute Gasteiger partial charge is 0.324 e. The lowest BCUT2D eigenvalue weighted by Gasteiger charge is -2.08. The molecule has 0 radical (unpaired) electrons. The summed E-state index contributed by atoms with van der Waals surface area (Å²) in [5, 5.41) is 3.43. The molecule has 2 aromatic carbocycles. The highest BCUT2D eigenvalue weighted by molar-refractivity contribution is 8.18. The van der Waals surface area contributed by atoms with Crippen molar-refractivity contribution in [3.8, 4) is 5.69 Å². The lowest BCUT2D eigenvalue weighted by Crippen LogP contribution is -2.19. The Morgan fingerprint density at radius 2 is 1.81 bits per heavy atom. The molecule has 1 aromatic heterocycles. The fourth-order valence-corrected chi connectivity index (χ4v) is 3.65. The average molecular weight is 359 g/mol. The number of carbonyl (C=O) groups excluding carboxylic acids is 1. The summed E-state index contributed by atoms with van der Waals surface area (Å²) in [6, 6.07) is 19.8. The van der Waals surface area contributed by atoms with Crippen LogP contribution in [0.25, 0.3) is 11.8 Å². The molecular formula is C21H17N3OS. The van der Waals surface area contributed by atoms with Crippen molar-refractivity contribution < 1.29 is 4.79 Å². The van der Waals surface area contributed by atoms with Crippen molar-refractivity contribution in [3.63, 3.8) is 0 Å². The van der Waals surface area contributed by atoms with Crippen LogP contribution in [0.3, 0.4) is 0 Å². The summed E-state index contributed by atoms with van der Waals surface area (Å²) >= 11 is 1.36. The number of amidine groups is 1. The number of hydrogen-bond acceptors (Lipinski definition) is 3. The maximum Gasteiger partial charge on any atom is 0.264 e. The molecule has 0 aliphatic carbocycles. The molecule has 3 aromatic rings. The van der Waals surface area contributed by atoms with E-state index in [9.17, 15) is 4.79 Å². The van der Waals surface area contributed by atoms with E-state index in [2.05, 4.69) is 33.9 Å². The Balaban J connectivity index is 1.58. The van der Waals surface area contributed by atoms with Gasteiger partial charge in [0.15, 0.2) is 5.17 Å². The van der Waals surface area contributed by atoms with Gasteiger partial charge in [0.2, 0.25) is 0 Å². The van der Waals surface area contributed by atoms with E-state index in [-0.39, 0.29) is 5.91 Å². The molecule has 1 amide bonds. The number of amides is 1. The molecule has 0 atom stereocenters. The molecule has 1 saturated heterocycles. The molecule has 0 unspecified atom stereocenters. The predicted octanol–water partition coefficient (Wildman–Crippen LogP) is 4.68. The first-order valence-corrected chi connectivity index (χ1v) is 9.09. The second-order valence-electron chi connectivity index (χ2n) is 5.95. The van der Waals surface area contributed by atoms with E-state index in [4.69, 9.17) is 0 Å². The lowest BCUT2D eigenvalue weighted by atomic mass is 10.1. The van der Waals surface area contributed by atoms with Gasteiger partial charge in [-0.05, 0) is 72.3 Å². The summed E-state index contributed by atoms with van der Waals surface area (Å²) in [4.78, 5) is 17.3. The van der Waals surface area contributed by atoms with E-state index < -0.39 is 0 Å². The number of hydrogen-bond donors (Lipinski definition) is 1. The predicted molar refractivity (Wildman–Crippen MR) is 108 cm³/mol. The Bertz CT molecular complexity index is 1010. The van der Waals surface area contributed by atoms with Gasteiger partial charge in [0.1, 0.15) is 0 Å². The quantitative estimate of drug-likeness (QED) is 0.690. The maximum atomic E-state index is 12.2. The van der Waals surface area contributed by atoms with Crippen LogP contribution in [0, 0.1) is 6.92 Å². The highest BCUT2D eigenvalue weighted by Crippen LogP contribution is 2.28. The number of aliphatic imine (C=N–C) groups is 1. The van der Waals surface area contributed by atoms with Crippen LogP contribution in [0.1, 0.15) is 11.1 Å². The van der Waals surface area contributed by atoms with Crippen molar-refractivity contribution >= 4 is 34.6 Å². The summed E-state index contributed by atoms with van der Waals surface area (Å²) < 4.78 is 2.08. The minimum Gasteiger partial charge on any atom is -0.324 e. The van der Waals surface area contributed by atoms with Crippen molar-refractivity contribution in [2.45, 2.75) is 6.92 Å². The molecular weight excluding hydrogens is 342 g/mol. The Morgan fingerprint density at radius 1 is 1.04 bits per heavy atom. The topological polar surface area (TPSA) is 46.4 Å². The molecule has 128 valence electrons. The first kappa shape index (κ1) is 16.4. The molecule has 1 N–H and O–H groups in total. The number of aromatic nitrogens is 1. The van der Waals surface area contributed by atoms with Crippen molar-refractivity contribution in [2.75, 3.05) is 0 Å². The van der Waals surface area contributed by atoms with Gasteiger partial charge in [0.05, 0.1) is 10.6 Å². The van der Waals surface area contributed by atoms with Gasteiger partial charge in [0.25, 0.3) is 5.91 Å². The Kier molecular flexibility index (Phi) is 4.46. The summed E-state index contributed by atoms with van der Waals surface area (Å²) in [7, 11) is 0. The second kappa shape index (κ2) is 7.06. The van der Waals surface area contributed by atoms with Gasteiger partial charge >= 0.3 is 0 Å². The second-order valence-corrected chi connectivity index (χ2v) is 6.98. The Labute approximate surface area is 156 Å². The van der Waals surface area contributed by atoms with Crippen LogP contribution in [0.4, 0.5) is 5.69 Å². The molecule has 1 aliphatic heterocycles. The average Bonchev–Trinajstić information content (AvgIpc) is 3.27. The van der Waals surface area contributed by atoms with Gasteiger partial charge in [-0.25, -0.2) is 4.99 Å². The molecule has 5 heteroatoms. The number of aryl methyl sites for hydroxylation is 1.